The van der Waals surface area contributed by atoms with E-state index < -0.39 is 0 Å². The zero-order chi connectivity index (χ0) is 42.6. The lowest BCUT2D eigenvalue weighted by atomic mass is 9.98. The van der Waals surface area contributed by atoms with Gasteiger partial charge in [-0.05, 0) is 93.3 Å². The maximum absolute atomic E-state index is 6.75. The Hall–Kier alpha value is -8.87. The van der Waals surface area contributed by atoms with E-state index in [1.807, 2.05) is 42.5 Å². The lowest BCUT2D eigenvalue weighted by molar-refractivity contribution is 0.668. The predicted molar refractivity (Wildman–Crippen MR) is 265 cm³/mol. The van der Waals surface area contributed by atoms with E-state index in [9.17, 15) is 0 Å². The average Bonchev–Trinajstić information content (AvgIpc) is 4.05. The van der Waals surface area contributed by atoms with Gasteiger partial charge in [-0.3, -0.25) is 0 Å². The van der Waals surface area contributed by atoms with Crippen LogP contribution < -0.4 is 0 Å². The molecule has 0 saturated heterocycles. The van der Waals surface area contributed by atoms with Gasteiger partial charge in [0.1, 0.15) is 22.3 Å². The lowest BCUT2D eigenvalue weighted by Crippen LogP contribution is -2.00. The van der Waals surface area contributed by atoms with Crippen LogP contribution in [0.15, 0.2) is 215 Å². The Morgan fingerprint density at radius 2 is 0.846 bits per heavy atom. The summed E-state index contributed by atoms with van der Waals surface area (Å²) in [6.07, 6.45) is 0. The fourth-order valence-electron chi connectivity index (χ4n) is 9.98. The number of rotatable bonds is 5. The smallest absolute Gasteiger partial charge is 0.164 e. The molecular weight excluding hydrogens is 797 g/mol. The first-order valence-corrected chi connectivity index (χ1v) is 21.8. The SMILES string of the molecule is c1ccc(-c2nc(-c3ccc4c(ccc5ccccc54)c3)nc(-c3ccc4c(c3)oc3cc(-n5c6ccccc6c6c(-c7ccc8c(c7)oc7ccccc78)cccc65)ccc34)n2)cc1. The Bertz CT molecular complexity index is 4250. The fraction of sp³-hybridized carbons (Fsp3) is 0. The molecule has 65 heavy (non-hydrogen) atoms. The molecule has 302 valence electrons. The van der Waals surface area contributed by atoms with Crippen molar-refractivity contribution in [3.8, 4) is 51.0 Å². The maximum atomic E-state index is 6.75. The van der Waals surface area contributed by atoms with Crippen molar-refractivity contribution in [1.29, 1.82) is 0 Å². The van der Waals surface area contributed by atoms with E-state index in [1.165, 1.54) is 26.9 Å². The highest BCUT2D eigenvalue weighted by Crippen LogP contribution is 2.42. The molecule has 0 radical (unpaired) electrons. The van der Waals surface area contributed by atoms with E-state index >= 15 is 0 Å². The summed E-state index contributed by atoms with van der Waals surface area (Å²) in [5.74, 6) is 1.81. The van der Waals surface area contributed by atoms with Gasteiger partial charge in [-0.25, -0.2) is 15.0 Å². The second-order valence-corrected chi connectivity index (χ2v) is 16.7. The number of benzene rings is 10. The van der Waals surface area contributed by atoms with Gasteiger partial charge in [0.15, 0.2) is 17.5 Å². The Labute approximate surface area is 371 Å². The quantitative estimate of drug-likeness (QED) is 0.162. The zero-order valence-corrected chi connectivity index (χ0v) is 34.7. The predicted octanol–water partition coefficient (Wildman–Crippen LogP) is 15.7. The third kappa shape index (κ3) is 5.57. The molecule has 0 aliphatic rings. The first kappa shape index (κ1) is 35.7. The number of fused-ring (bicyclic) bond motifs is 12. The Morgan fingerprint density at radius 3 is 1.66 bits per heavy atom. The summed E-state index contributed by atoms with van der Waals surface area (Å²) in [5, 5.41) is 11.5. The highest BCUT2D eigenvalue weighted by molar-refractivity contribution is 6.17. The first-order chi connectivity index (χ1) is 32.2. The second-order valence-electron chi connectivity index (χ2n) is 16.7. The molecule has 10 aromatic carbocycles. The van der Waals surface area contributed by atoms with Gasteiger partial charge in [0.2, 0.25) is 0 Å². The number of para-hydroxylation sites is 2. The van der Waals surface area contributed by atoms with Gasteiger partial charge >= 0.3 is 0 Å². The van der Waals surface area contributed by atoms with Crippen LogP contribution in [0.5, 0.6) is 0 Å². The van der Waals surface area contributed by atoms with Gasteiger partial charge in [0.25, 0.3) is 0 Å². The molecule has 0 spiro atoms. The molecule has 0 unspecified atom stereocenters. The number of hydrogen-bond acceptors (Lipinski definition) is 5. The number of nitrogens with zero attached hydrogens (tertiary/aromatic N) is 4. The van der Waals surface area contributed by atoms with E-state index in [0.29, 0.717) is 17.5 Å². The topological polar surface area (TPSA) is 69.9 Å². The van der Waals surface area contributed by atoms with E-state index in [-0.39, 0.29) is 0 Å². The molecule has 0 saturated carbocycles. The number of aromatic nitrogens is 4. The third-order valence-electron chi connectivity index (χ3n) is 13.0. The van der Waals surface area contributed by atoms with Crippen molar-refractivity contribution in [3.05, 3.63) is 206 Å². The second kappa shape index (κ2) is 13.8. The molecule has 14 rings (SSSR count). The van der Waals surface area contributed by atoms with E-state index in [4.69, 9.17) is 23.8 Å². The van der Waals surface area contributed by atoms with Crippen LogP contribution in [0, 0.1) is 0 Å². The number of furan rings is 2. The largest absolute Gasteiger partial charge is 0.456 e. The molecule has 0 atom stereocenters. The summed E-state index contributed by atoms with van der Waals surface area (Å²) >= 11 is 0. The minimum atomic E-state index is 0.580. The first-order valence-electron chi connectivity index (χ1n) is 21.8. The van der Waals surface area contributed by atoms with E-state index in [0.717, 1.165) is 93.8 Å². The lowest BCUT2D eigenvalue weighted by Gasteiger charge is -2.10. The van der Waals surface area contributed by atoms with Crippen LogP contribution in [0.2, 0.25) is 0 Å². The van der Waals surface area contributed by atoms with Crippen molar-refractivity contribution in [2.75, 3.05) is 0 Å². The molecular formula is C59H34N4O2. The van der Waals surface area contributed by atoms with Gasteiger partial charge < -0.3 is 13.4 Å². The monoisotopic (exact) mass is 830 g/mol. The molecule has 0 amide bonds. The normalized spacial score (nSPS) is 12.0. The van der Waals surface area contributed by atoms with Crippen molar-refractivity contribution >= 4 is 87.2 Å². The standard InChI is InChI=1S/C59H34N4O2/c1-2-12-36(13-3-1)57-60-58(39-24-27-43-37(31-39)22-21-35-11-4-5-14-42(35)43)62-59(61-57)40-25-29-47-48-30-26-41(34-55(48)65-54(47)33-40)63-50-18-8-6-16-49(50)56-44(17-10-19-51(56)63)38-23-28-46-45-15-7-9-20-52(45)64-53(46)32-38/h1-34H. The summed E-state index contributed by atoms with van der Waals surface area (Å²) < 4.78 is 15.4. The summed E-state index contributed by atoms with van der Waals surface area (Å²) in [6.45, 7) is 0. The van der Waals surface area contributed by atoms with Crippen LogP contribution >= 0.6 is 0 Å². The van der Waals surface area contributed by atoms with Crippen LogP contribution in [0.25, 0.3) is 138 Å². The molecule has 0 bridgehead atoms. The summed E-state index contributed by atoms with van der Waals surface area (Å²) in [7, 11) is 0. The van der Waals surface area contributed by atoms with Gasteiger partial charge in [-0.15, -0.1) is 0 Å². The minimum absolute atomic E-state index is 0.580. The van der Waals surface area contributed by atoms with Crippen molar-refractivity contribution in [2.45, 2.75) is 0 Å². The summed E-state index contributed by atoms with van der Waals surface area (Å²) in [6, 6.07) is 72.2. The third-order valence-corrected chi connectivity index (χ3v) is 13.0. The average molecular weight is 831 g/mol. The zero-order valence-electron chi connectivity index (χ0n) is 34.7. The van der Waals surface area contributed by atoms with Crippen molar-refractivity contribution in [2.24, 2.45) is 0 Å². The van der Waals surface area contributed by atoms with Crippen LogP contribution in [0.4, 0.5) is 0 Å². The Balaban J connectivity index is 0.885. The molecule has 0 aliphatic heterocycles. The van der Waals surface area contributed by atoms with Gasteiger partial charge in [0, 0.05) is 60.8 Å². The molecule has 0 fully saturated rings. The Kier molecular flexibility index (Phi) is 7.59. The van der Waals surface area contributed by atoms with Crippen LogP contribution in [0.3, 0.4) is 0 Å². The number of hydrogen-bond donors (Lipinski definition) is 0. The summed E-state index contributed by atoms with van der Waals surface area (Å²) in [5.41, 5.74) is 11.6. The molecule has 14 aromatic rings. The molecule has 4 aromatic heterocycles. The van der Waals surface area contributed by atoms with E-state index in [2.05, 4.69) is 168 Å². The van der Waals surface area contributed by atoms with Crippen molar-refractivity contribution in [3.63, 3.8) is 0 Å². The minimum Gasteiger partial charge on any atom is -0.456 e. The maximum Gasteiger partial charge on any atom is 0.164 e. The van der Waals surface area contributed by atoms with Crippen LogP contribution in [0.1, 0.15) is 0 Å². The van der Waals surface area contributed by atoms with Crippen LogP contribution in [-0.2, 0) is 0 Å². The van der Waals surface area contributed by atoms with Crippen LogP contribution in [-0.4, -0.2) is 19.5 Å². The van der Waals surface area contributed by atoms with Crippen molar-refractivity contribution in [1.82, 2.24) is 19.5 Å². The molecule has 6 nitrogen and oxygen atoms in total. The van der Waals surface area contributed by atoms with Gasteiger partial charge in [-0.1, -0.05) is 140 Å². The fourth-order valence-corrected chi connectivity index (χ4v) is 9.98. The van der Waals surface area contributed by atoms with Crippen molar-refractivity contribution < 1.29 is 8.83 Å². The van der Waals surface area contributed by atoms with E-state index in [1.54, 1.807) is 0 Å². The molecule has 0 aliphatic carbocycles. The van der Waals surface area contributed by atoms with Gasteiger partial charge in [-0.2, -0.15) is 0 Å². The van der Waals surface area contributed by atoms with Gasteiger partial charge in [0.05, 0.1) is 11.0 Å². The molecule has 4 heterocycles. The molecule has 0 N–H and O–H groups in total. The Morgan fingerprint density at radius 1 is 0.308 bits per heavy atom. The highest BCUT2D eigenvalue weighted by atomic mass is 16.3. The molecule has 6 heteroatoms. The highest BCUT2D eigenvalue weighted by Gasteiger charge is 2.20. The summed E-state index contributed by atoms with van der Waals surface area (Å²) in [4.78, 5) is 15.2.